The molecule has 1 N–H and O–H groups in total. The Labute approximate surface area is 94.2 Å². The smallest absolute Gasteiger partial charge is 0.0678 e. The van der Waals surface area contributed by atoms with E-state index in [1.807, 2.05) is 7.05 Å². The Balaban J connectivity index is 2.47. The quantitative estimate of drug-likeness (QED) is 0.764. The van der Waals surface area contributed by atoms with E-state index in [2.05, 4.69) is 37.9 Å². The topological polar surface area (TPSA) is 24.5 Å². The fraction of sp³-hybridized carbons (Fsp3) is 1.00. The minimum absolute atomic E-state index is 0.373. The van der Waals surface area contributed by atoms with Gasteiger partial charge in [-0.05, 0) is 40.3 Å². The van der Waals surface area contributed by atoms with Gasteiger partial charge in [-0.15, -0.1) is 0 Å². The van der Waals surface area contributed by atoms with Crippen LogP contribution in [0.4, 0.5) is 0 Å². The van der Waals surface area contributed by atoms with Crippen LogP contribution in [0.5, 0.6) is 0 Å². The summed E-state index contributed by atoms with van der Waals surface area (Å²) < 4.78 is 5.75. The average Bonchev–Trinajstić information content (AvgIpc) is 2.15. The van der Waals surface area contributed by atoms with Crippen molar-refractivity contribution in [3.8, 4) is 0 Å². The van der Waals surface area contributed by atoms with E-state index in [0.29, 0.717) is 24.2 Å². The molecule has 0 saturated carbocycles. The molecule has 0 amide bonds. The lowest BCUT2D eigenvalue weighted by Crippen LogP contribution is -2.51. The molecule has 0 aromatic carbocycles. The highest BCUT2D eigenvalue weighted by atomic mass is 16.5. The molecule has 0 bridgehead atoms. The van der Waals surface area contributed by atoms with Gasteiger partial charge >= 0.3 is 0 Å². The maximum atomic E-state index is 5.75. The fourth-order valence-corrected chi connectivity index (χ4v) is 2.40. The summed E-state index contributed by atoms with van der Waals surface area (Å²) in [4.78, 5) is 2.56. The Bertz CT molecular complexity index is 176. The summed E-state index contributed by atoms with van der Waals surface area (Å²) in [6, 6.07) is 0.631. The van der Waals surface area contributed by atoms with Crippen molar-refractivity contribution in [3.63, 3.8) is 0 Å². The number of morpholine rings is 1. The van der Waals surface area contributed by atoms with Crippen LogP contribution < -0.4 is 5.32 Å². The van der Waals surface area contributed by atoms with Crippen molar-refractivity contribution in [3.05, 3.63) is 0 Å². The molecule has 90 valence electrons. The van der Waals surface area contributed by atoms with Crippen molar-refractivity contribution >= 4 is 0 Å². The van der Waals surface area contributed by atoms with Crippen molar-refractivity contribution in [2.75, 3.05) is 26.7 Å². The second-order valence-corrected chi connectivity index (χ2v) is 4.99. The summed E-state index contributed by atoms with van der Waals surface area (Å²) in [6.07, 6.45) is 0.746. The van der Waals surface area contributed by atoms with Gasteiger partial charge in [-0.2, -0.15) is 0 Å². The van der Waals surface area contributed by atoms with E-state index >= 15 is 0 Å². The van der Waals surface area contributed by atoms with E-state index in [1.54, 1.807) is 0 Å². The fourth-order valence-electron chi connectivity index (χ4n) is 2.40. The lowest BCUT2D eigenvalue weighted by Gasteiger charge is -2.41. The molecule has 1 aliphatic rings. The molecule has 0 aromatic heterocycles. The van der Waals surface area contributed by atoms with Crippen LogP contribution in [0.25, 0.3) is 0 Å². The Morgan fingerprint density at radius 2 is 1.80 bits per heavy atom. The molecule has 4 atom stereocenters. The number of rotatable bonds is 4. The molecule has 0 aromatic rings. The van der Waals surface area contributed by atoms with Crippen molar-refractivity contribution in [2.45, 2.75) is 45.9 Å². The zero-order chi connectivity index (χ0) is 11.4. The van der Waals surface area contributed by atoms with Crippen molar-refractivity contribution < 1.29 is 4.74 Å². The van der Waals surface area contributed by atoms with Crippen molar-refractivity contribution in [1.29, 1.82) is 0 Å². The highest BCUT2D eigenvalue weighted by Crippen LogP contribution is 2.17. The van der Waals surface area contributed by atoms with Gasteiger partial charge in [0.25, 0.3) is 0 Å². The molecule has 1 aliphatic heterocycles. The molecular formula is C12H26N2O. The molecule has 1 fully saturated rings. The highest BCUT2D eigenvalue weighted by molar-refractivity contribution is 4.80. The Morgan fingerprint density at radius 1 is 1.27 bits per heavy atom. The molecule has 15 heavy (non-hydrogen) atoms. The largest absolute Gasteiger partial charge is 0.373 e. The summed E-state index contributed by atoms with van der Waals surface area (Å²) in [5, 5.41) is 3.25. The number of nitrogens with zero attached hydrogens (tertiary/aromatic N) is 1. The molecule has 0 radical (unpaired) electrons. The van der Waals surface area contributed by atoms with Crippen LogP contribution in [-0.2, 0) is 4.74 Å². The standard InChI is InChI=1S/C12H26N2O/c1-9(6-13-5)12(4)14-7-10(2)15-11(3)8-14/h9-13H,6-8H2,1-5H3. The molecule has 0 aliphatic carbocycles. The summed E-state index contributed by atoms with van der Waals surface area (Å²) in [5.74, 6) is 0.687. The van der Waals surface area contributed by atoms with Crippen molar-refractivity contribution in [1.82, 2.24) is 10.2 Å². The van der Waals surface area contributed by atoms with Crippen LogP contribution >= 0.6 is 0 Å². The highest BCUT2D eigenvalue weighted by Gasteiger charge is 2.27. The lowest BCUT2D eigenvalue weighted by molar-refractivity contribution is -0.0836. The van der Waals surface area contributed by atoms with Gasteiger partial charge < -0.3 is 10.1 Å². The van der Waals surface area contributed by atoms with Crippen LogP contribution in [-0.4, -0.2) is 49.8 Å². The summed E-state index contributed by atoms with van der Waals surface area (Å²) >= 11 is 0. The molecule has 3 heteroatoms. The molecule has 1 saturated heterocycles. The minimum Gasteiger partial charge on any atom is -0.373 e. The third kappa shape index (κ3) is 3.74. The van der Waals surface area contributed by atoms with E-state index < -0.39 is 0 Å². The first kappa shape index (κ1) is 12.9. The third-order valence-corrected chi connectivity index (χ3v) is 3.37. The van der Waals surface area contributed by atoms with E-state index in [1.165, 1.54) is 0 Å². The Kier molecular flexibility index (Phi) is 5.03. The van der Waals surface area contributed by atoms with Gasteiger partial charge in [0.05, 0.1) is 12.2 Å². The van der Waals surface area contributed by atoms with Gasteiger partial charge in [0, 0.05) is 19.1 Å². The molecule has 1 rings (SSSR count). The molecule has 0 spiro atoms. The maximum Gasteiger partial charge on any atom is 0.0678 e. The van der Waals surface area contributed by atoms with Crippen LogP contribution in [0.3, 0.4) is 0 Å². The number of nitrogens with one attached hydrogen (secondary N) is 1. The van der Waals surface area contributed by atoms with Crippen LogP contribution in [0.1, 0.15) is 27.7 Å². The van der Waals surface area contributed by atoms with Gasteiger partial charge in [-0.1, -0.05) is 6.92 Å². The number of hydrogen-bond acceptors (Lipinski definition) is 3. The van der Waals surface area contributed by atoms with E-state index in [4.69, 9.17) is 4.74 Å². The monoisotopic (exact) mass is 214 g/mol. The third-order valence-electron chi connectivity index (χ3n) is 3.37. The minimum atomic E-state index is 0.373. The first-order chi connectivity index (χ1) is 7.04. The van der Waals surface area contributed by atoms with Gasteiger partial charge in [0.1, 0.15) is 0 Å². The summed E-state index contributed by atoms with van der Waals surface area (Å²) in [7, 11) is 2.02. The van der Waals surface area contributed by atoms with Gasteiger partial charge in [0.2, 0.25) is 0 Å². The number of hydrogen-bond donors (Lipinski definition) is 1. The summed E-state index contributed by atoms with van der Waals surface area (Å²) in [6.45, 7) is 12.2. The first-order valence-electron chi connectivity index (χ1n) is 6.08. The molecular weight excluding hydrogens is 188 g/mol. The molecule has 3 nitrogen and oxygen atoms in total. The predicted octanol–water partition coefficient (Wildman–Crippen LogP) is 1.34. The SMILES string of the molecule is CNCC(C)C(C)N1CC(C)OC(C)C1. The molecule has 4 unspecified atom stereocenters. The van der Waals surface area contributed by atoms with Crippen molar-refractivity contribution in [2.24, 2.45) is 5.92 Å². The Hall–Kier alpha value is -0.120. The van der Waals surface area contributed by atoms with Crippen LogP contribution in [0.15, 0.2) is 0 Å². The second-order valence-electron chi connectivity index (χ2n) is 4.99. The Morgan fingerprint density at radius 3 is 2.27 bits per heavy atom. The van der Waals surface area contributed by atoms with Gasteiger partial charge in [0.15, 0.2) is 0 Å². The van der Waals surface area contributed by atoms with E-state index in [-0.39, 0.29) is 0 Å². The zero-order valence-corrected chi connectivity index (χ0v) is 10.8. The molecule has 1 heterocycles. The predicted molar refractivity (Wildman–Crippen MR) is 64.1 cm³/mol. The van der Waals surface area contributed by atoms with E-state index in [9.17, 15) is 0 Å². The average molecular weight is 214 g/mol. The lowest BCUT2D eigenvalue weighted by atomic mass is 10.0. The van der Waals surface area contributed by atoms with Crippen LogP contribution in [0.2, 0.25) is 0 Å². The zero-order valence-electron chi connectivity index (χ0n) is 10.8. The van der Waals surface area contributed by atoms with Crippen LogP contribution in [0, 0.1) is 5.92 Å². The normalized spacial score (nSPS) is 32.6. The number of ether oxygens (including phenoxy) is 1. The first-order valence-corrected chi connectivity index (χ1v) is 6.08. The van der Waals surface area contributed by atoms with Gasteiger partial charge in [-0.3, -0.25) is 4.90 Å². The maximum absolute atomic E-state index is 5.75. The second kappa shape index (κ2) is 5.83. The summed E-state index contributed by atoms with van der Waals surface area (Å²) in [5.41, 5.74) is 0. The van der Waals surface area contributed by atoms with Gasteiger partial charge in [-0.25, -0.2) is 0 Å². The van der Waals surface area contributed by atoms with E-state index in [0.717, 1.165) is 19.6 Å².